The second-order valence-corrected chi connectivity index (χ2v) is 7.08. The number of nitrogens with zero attached hydrogens (tertiary/aromatic N) is 3. The Bertz CT molecular complexity index is 588. The van der Waals surface area contributed by atoms with E-state index < -0.39 is 0 Å². The number of hydrogen-bond acceptors (Lipinski definition) is 3. The molecule has 2 aromatic rings. The van der Waals surface area contributed by atoms with Crippen molar-refractivity contribution < 1.29 is 4.79 Å². The lowest BCUT2D eigenvalue weighted by atomic mass is 9.93. The molecule has 1 fully saturated rings. The van der Waals surface area contributed by atoms with Gasteiger partial charge in [-0.25, -0.2) is 0 Å². The van der Waals surface area contributed by atoms with E-state index in [1.165, 1.54) is 24.8 Å². The first-order chi connectivity index (χ1) is 11.3. The van der Waals surface area contributed by atoms with Crippen molar-refractivity contribution in [1.29, 1.82) is 0 Å². The molecular weight excluding hydrogens is 306 g/mol. The Hall–Kier alpha value is -1.62. The van der Waals surface area contributed by atoms with E-state index in [4.69, 9.17) is 0 Å². The second-order valence-electron chi connectivity index (χ2n) is 6.30. The van der Waals surface area contributed by atoms with Crippen LogP contribution in [0.15, 0.2) is 35.3 Å². The van der Waals surface area contributed by atoms with Gasteiger partial charge in [-0.3, -0.25) is 9.48 Å². The van der Waals surface area contributed by atoms with Crippen molar-refractivity contribution in [1.82, 2.24) is 14.7 Å². The molecule has 0 aliphatic heterocycles. The van der Waals surface area contributed by atoms with E-state index in [-0.39, 0.29) is 11.9 Å². The molecule has 1 saturated carbocycles. The highest BCUT2D eigenvalue weighted by Gasteiger charge is 2.31. The van der Waals surface area contributed by atoms with Crippen LogP contribution in [0.2, 0.25) is 0 Å². The molecule has 1 atom stereocenters. The lowest BCUT2D eigenvalue weighted by Crippen LogP contribution is -2.44. The monoisotopic (exact) mass is 331 g/mol. The maximum Gasteiger partial charge on any atom is 0.247 e. The van der Waals surface area contributed by atoms with Crippen LogP contribution >= 0.6 is 11.3 Å². The highest BCUT2D eigenvalue weighted by atomic mass is 32.1. The Balaban J connectivity index is 1.82. The molecule has 1 aliphatic rings. The summed E-state index contributed by atoms with van der Waals surface area (Å²) in [5, 5.41) is 8.54. The minimum Gasteiger partial charge on any atom is -0.334 e. The van der Waals surface area contributed by atoms with Crippen molar-refractivity contribution in [3.8, 4) is 0 Å². The zero-order chi connectivity index (χ0) is 16.1. The Morgan fingerprint density at radius 2 is 2.26 bits per heavy atom. The van der Waals surface area contributed by atoms with Crippen LogP contribution < -0.4 is 0 Å². The molecule has 124 valence electrons. The van der Waals surface area contributed by atoms with Crippen molar-refractivity contribution in [3.63, 3.8) is 0 Å². The predicted octanol–water partition coefficient (Wildman–Crippen LogP) is 4.26. The van der Waals surface area contributed by atoms with Gasteiger partial charge in [0, 0.05) is 25.0 Å². The first kappa shape index (κ1) is 16.2. The topological polar surface area (TPSA) is 38.1 Å². The van der Waals surface area contributed by atoms with Gasteiger partial charge in [0.1, 0.15) is 6.04 Å². The average Bonchev–Trinajstić information content (AvgIpc) is 3.28. The molecular formula is C18H25N3OS. The second kappa shape index (κ2) is 7.77. The number of rotatable bonds is 6. The van der Waals surface area contributed by atoms with Gasteiger partial charge in [0.15, 0.2) is 0 Å². The van der Waals surface area contributed by atoms with Crippen LogP contribution in [0, 0.1) is 0 Å². The first-order valence-corrected chi connectivity index (χ1v) is 9.54. The number of carbonyl (C=O) groups excluding carboxylic acids is 1. The van der Waals surface area contributed by atoms with E-state index in [1.54, 1.807) is 17.5 Å². The summed E-state index contributed by atoms with van der Waals surface area (Å²) in [6.45, 7) is 2.79. The highest BCUT2D eigenvalue weighted by molar-refractivity contribution is 7.07. The van der Waals surface area contributed by atoms with E-state index in [1.807, 2.05) is 16.9 Å². The Morgan fingerprint density at radius 1 is 1.43 bits per heavy atom. The van der Waals surface area contributed by atoms with E-state index in [2.05, 4.69) is 33.7 Å². The number of carbonyl (C=O) groups is 1. The largest absolute Gasteiger partial charge is 0.334 e. The molecule has 0 unspecified atom stereocenters. The zero-order valence-electron chi connectivity index (χ0n) is 13.7. The van der Waals surface area contributed by atoms with Gasteiger partial charge in [0.2, 0.25) is 5.91 Å². The number of amides is 1. The number of aromatic nitrogens is 2. The molecule has 4 nitrogen and oxygen atoms in total. The fraction of sp³-hybridized carbons (Fsp3) is 0.556. The summed E-state index contributed by atoms with van der Waals surface area (Å²) in [6.07, 6.45) is 10.4. The van der Waals surface area contributed by atoms with Crippen molar-refractivity contribution in [2.75, 3.05) is 0 Å². The van der Waals surface area contributed by atoms with Gasteiger partial charge in [0.05, 0.1) is 0 Å². The molecule has 0 radical (unpaired) electrons. The summed E-state index contributed by atoms with van der Waals surface area (Å²) >= 11 is 1.70. The molecule has 0 saturated heterocycles. The first-order valence-electron chi connectivity index (χ1n) is 8.60. The normalized spacial score (nSPS) is 17.1. The van der Waals surface area contributed by atoms with Crippen molar-refractivity contribution in [3.05, 3.63) is 40.8 Å². The van der Waals surface area contributed by atoms with E-state index in [0.29, 0.717) is 6.04 Å². The molecule has 0 spiro atoms. The molecule has 3 rings (SSSR count). The summed E-state index contributed by atoms with van der Waals surface area (Å²) in [5.74, 6) is 0.217. The van der Waals surface area contributed by atoms with E-state index >= 15 is 0 Å². The third kappa shape index (κ3) is 3.83. The molecule has 23 heavy (non-hydrogen) atoms. The maximum absolute atomic E-state index is 13.3. The van der Waals surface area contributed by atoms with Gasteiger partial charge in [-0.15, -0.1) is 0 Å². The van der Waals surface area contributed by atoms with Crippen molar-refractivity contribution >= 4 is 17.2 Å². The van der Waals surface area contributed by atoms with Crippen LogP contribution in [0.25, 0.3) is 0 Å². The minimum atomic E-state index is -0.189. The van der Waals surface area contributed by atoms with Crippen LogP contribution in [0.1, 0.15) is 57.1 Å². The quantitative estimate of drug-likeness (QED) is 0.793. The molecule has 1 amide bonds. The predicted molar refractivity (Wildman–Crippen MR) is 93.3 cm³/mol. The standard InChI is InChI=1S/C18H25N3OS/c1-2-17(21-11-6-10-19-21)18(22)20(13-15-9-12-23-14-15)16-7-4-3-5-8-16/h6,9-12,14,16-17H,2-5,7-8,13H2,1H3/t17-/m1/s1. The molecule has 2 heterocycles. The third-order valence-corrected chi connectivity index (χ3v) is 5.48. The van der Waals surface area contributed by atoms with Crippen molar-refractivity contribution in [2.24, 2.45) is 0 Å². The Morgan fingerprint density at radius 3 is 2.87 bits per heavy atom. The summed E-state index contributed by atoms with van der Waals surface area (Å²) in [6, 6.07) is 4.20. The van der Waals surface area contributed by atoms with Gasteiger partial charge in [-0.2, -0.15) is 16.4 Å². The van der Waals surface area contributed by atoms with E-state index in [0.717, 1.165) is 25.8 Å². The number of hydrogen-bond donors (Lipinski definition) is 0. The van der Waals surface area contributed by atoms with Crippen LogP contribution in [-0.4, -0.2) is 26.6 Å². The maximum atomic E-state index is 13.3. The SMILES string of the molecule is CC[C@H](C(=O)N(Cc1ccsc1)C1CCCCC1)n1cccn1. The zero-order valence-corrected chi connectivity index (χ0v) is 14.5. The minimum absolute atomic E-state index is 0.189. The summed E-state index contributed by atoms with van der Waals surface area (Å²) in [5.41, 5.74) is 1.24. The van der Waals surface area contributed by atoms with Gasteiger partial charge >= 0.3 is 0 Å². The van der Waals surface area contributed by atoms with E-state index in [9.17, 15) is 4.79 Å². The fourth-order valence-electron chi connectivity index (χ4n) is 3.49. The van der Waals surface area contributed by atoms with Crippen molar-refractivity contribution in [2.45, 2.75) is 64.1 Å². The smallest absolute Gasteiger partial charge is 0.247 e. The van der Waals surface area contributed by atoms with Crippen LogP contribution in [0.4, 0.5) is 0 Å². The number of thiophene rings is 1. The lowest BCUT2D eigenvalue weighted by molar-refractivity contribution is -0.139. The van der Waals surface area contributed by atoms with Crippen LogP contribution in [-0.2, 0) is 11.3 Å². The van der Waals surface area contributed by atoms with Gasteiger partial charge < -0.3 is 4.90 Å². The van der Waals surface area contributed by atoms with Gasteiger partial charge in [-0.05, 0) is 47.7 Å². The van der Waals surface area contributed by atoms with Crippen LogP contribution in [0.5, 0.6) is 0 Å². The summed E-state index contributed by atoms with van der Waals surface area (Å²) < 4.78 is 1.81. The third-order valence-electron chi connectivity index (χ3n) is 4.75. The molecule has 5 heteroatoms. The molecule has 0 N–H and O–H groups in total. The average molecular weight is 331 g/mol. The molecule has 1 aliphatic carbocycles. The summed E-state index contributed by atoms with van der Waals surface area (Å²) in [7, 11) is 0. The fourth-order valence-corrected chi connectivity index (χ4v) is 4.15. The Kier molecular flexibility index (Phi) is 5.49. The highest BCUT2D eigenvalue weighted by Crippen LogP contribution is 2.27. The molecule has 0 aromatic carbocycles. The van der Waals surface area contributed by atoms with Crippen LogP contribution in [0.3, 0.4) is 0 Å². The molecule has 0 bridgehead atoms. The van der Waals surface area contributed by atoms with Gasteiger partial charge in [0.25, 0.3) is 0 Å². The Labute approximate surface area is 142 Å². The molecule has 2 aromatic heterocycles. The summed E-state index contributed by atoms with van der Waals surface area (Å²) in [4.78, 5) is 15.4. The lowest BCUT2D eigenvalue weighted by Gasteiger charge is -2.36. The van der Waals surface area contributed by atoms with Gasteiger partial charge in [-0.1, -0.05) is 26.2 Å².